The molecule has 0 unspecified atom stereocenters. The summed E-state index contributed by atoms with van der Waals surface area (Å²) in [5, 5.41) is 8.20. The normalized spacial score (nSPS) is 11.8. The van der Waals surface area contributed by atoms with Gasteiger partial charge in [-0.3, -0.25) is 4.57 Å². The first-order valence-corrected chi connectivity index (χ1v) is 10.9. The van der Waals surface area contributed by atoms with E-state index in [-0.39, 0.29) is 5.16 Å². The van der Waals surface area contributed by atoms with Crippen LogP contribution in [0.2, 0.25) is 0 Å². The number of nitrogens with zero attached hydrogens (tertiary/aromatic N) is 3. The Morgan fingerprint density at radius 2 is 1.64 bits per heavy atom. The minimum absolute atomic E-state index is 0.0845. The van der Waals surface area contributed by atoms with Crippen molar-refractivity contribution >= 4 is 9.84 Å². The van der Waals surface area contributed by atoms with Gasteiger partial charge < -0.3 is 4.74 Å². The van der Waals surface area contributed by atoms with Gasteiger partial charge in [0.05, 0.1) is 12.8 Å². The highest BCUT2D eigenvalue weighted by Crippen LogP contribution is 2.32. The Hall–Kier alpha value is -2.67. The van der Waals surface area contributed by atoms with Crippen molar-refractivity contribution < 1.29 is 13.2 Å². The molecule has 6 nitrogen and oxygen atoms in total. The van der Waals surface area contributed by atoms with E-state index in [4.69, 9.17) is 4.74 Å². The SMILES string of the molecule is COc1ccc(-n2c(-c3cc(C(C)C)c(C)cc3C)nnc2S(C)(=O)=O)cc1. The van der Waals surface area contributed by atoms with E-state index < -0.39 is 9.84 Å². The molecule has 2 aromatic carbocycles. The second-order valence-corrected chi connectivity index (χ2v) is 9.20. The molecule has 3 aromatic rings. The van der Waals surface area contributed by atoms with Crippen LogP contribution in [0.1, 0.15) is 36.5 Å². The number of sulfone groups is 1. The van der Waals surface area contributed by atoms with Gasteiger partial charge in [0.15, 0.2) is 5.82 Å². The largest absolute Gasteiger partial charge is 0.497 e. The van der Waals surface area contributed by atoms with Crippen LogP contribution in [0.15, 0.2) is 41.6 Å². The molecule has 3 rings (SSSR count). The first-order chi connectivity index (χ1) is 13.1. The zero-order valence-corrected chi connectivity index (χ0v) is 17.8. The maximum Gasteiger partial charge on any atom is 0.254 e. The van der Waals surface area contributed by atoms with Gasteiger partial charge >= 0.3 is 0 Å². The molecule has 0 amide bonds. The molecule has 28 heavy (non-hydrogen) atoms. The van der Waals surface area contributed by atoms with E-state index in [0.717, 1.165) is 17.4 Å². The molecule has 0 aliphatic heterocycles. The van der Waals surface area contributed by atoms with Crippen molar-refractivity contribution in [1.82, 2.24) is 14.8 Å². The number of benzene rings is 2. The van der Waals surface area contributed by atoms with Gasteiger partial charge in [0.25, 0.3) is 5.16 Å². The third-order valence-electron chi connectivity index (χ3n) is 4.77. The number of ether oxygens (including phenoxy) is 1. The van der Waals surface area contributed by atoms with Gasteiger partial charge in [-0.15, -0.1) is 10.2 Å². The number of methoxy groups -OCH3 is 1. The second kappa shape index (κ2) is 7.39. The molecule has 148 valence electrons. The highest BCUT2D eigenvalue weighted by molar-refractivity contribution is 7.90. The van der Waals surface area contributed by atoms with Crippen molar-refractivity contribution in [3.8, 4) is 22.8 Å². The summed E-state index contributed by atoms with van der Waals surface area (Å²) in [5.74, 6) is 1.53. The summed E-state index contributed by atoms with van der Waals surface area (Å²) >= 11 is 0. The summed E-state index contributed by atoms with van der Waals surface area (Å²) in [6.07, 6.45) is 1.14. The maximum absolute atomic E-state index is 12.4. The van der Waals surface area contributed by atoms with Crippen LogP contribution in [-0.2, 0) is 9.84 Å². The molecule has 0 atom stereocenters. The number of aryl methyl sites for hydroxylation is 2. The Labute approximate surface area is 166 Å². The third-order valence-corrected chi connectivity index (χ3v) is 5.70. The van der Waals surface area contributed by atoms with E-state index in [1.54, 1.807) is 35.9 Å². The Balaban J connectivity index is 2.31. The summed E-state index contributed by atoms with van der Waals surface area (Å²) in [5.41, 5.74) is 4.95. The van der Waals surface area contributed by atoms with Crippen LogP contribution < -0.4 is 4.74 Å². The van der Waals surface area contributed by atoms with E-state index in [2.05, 4.69) is 43.1 Å². The van der Waals surface area contributed by atoms with Crippen molar-refractivity contribution in [2.24, 2.45) is 0 Å². The monoisotopic (exact) mass is 399 g/mol. The molecular formula is C21H25N3O3S. The number of hydrogen-bond acceptors (Lipinski definition) is 5. The summed E-state index contributed by atoms with van der Waals surface area (Å²) in [6.45, 7) is 8.36. The van der Waals surface area contributed by atoms with Gasteiger partial charge in [0.2, 0.25) is 9.84 Å². The lowest BCUT2D eigenvalue weighted by Gasteiger charge is -2.16. The third kappa shape index (κ3) is 3.67. The van der Waals surface area contributed by atoms with Gasteiger partial charge in [-0.1, -0.05) is 19.9 Å². The van der Waals surface area contributed by atoms with Crippen molar-refractivity contribution in [2.75, 3.05) is 13.4 Å². The highest BCUT2D eigenvalue weighted by atomic mass is 32.2. The molecule has 0 aliphatic rings. The topological polar surface area (TPSA) is 74.1 Å². The van der Waals surface area contributed by atoms with Crippen LogP contribution in [-0.4, -0.2) is 36.5 Å². The van der Waals surface area contributed by atoms with Gasteiger partial charge in [0, 0.05) is 11.8 Å². The lowest BCUT2D eigenvalue weighted by Crippen LogP contribution is -2.09. The predicted molar refractivity (Wildman–Crippen MR) is 110 cm³/mol. The molecule has 0 fully saturated rings. The van der Waals surface area contributed by atoms with E-state index in [0.29, 0.717) is 23.2 Å². The molecule has 1 heterocycles. The average Bonchev–Trinajstić information content (AvgIpc) is 3.06. The standard InChI is InChI=1S/C21H25N3O3S/c1-13(2)18-12-19(15(4)11-14(18)3)20-22-23-21(28(6,25)26)24(20)16-7-9-17(27-5)10-8-16/h7-13H,1-6H3. The highest BCUT2D eigenvalue weighted by Gasteiger charge is 2.24. The maximum atomic E-state index is 12.4. The van der Waals surface area contributed by atoms with Crippen LogP contribution in [0.5, 0.6) is 5.75 Å². The molecule has 0 bridgehead atoms. The summed E-state index contributed by atoms with van der Waals surface area (Å²) in [6, 6.07) is 11.4. The Morgan fingerprint density at radius 3 is 2.18 bits per heavy atom. The zero-order valence-electron chi connectivity index (χ0n) is 17.0. The quantitative estimate of drug-likeness (QED) is 0.646. The van der Waals surface area contributed by atoms with Crippen LogP contribution in [0.25, 0.3) is 17.1 Å². The Bertz CT molecular complexity index is 1110. The number of rotatable bonds is 5. The van der Waals surface area contributed by atoms with Crippen LogP contribution in [0, 0.1) is 13.8 Å². The lowest BCUT2D eigenvalue weighted by atomic mass is 9.93. The fraction of sp³-hybridized carbons (Fsp3) is 0.333. The number of aromatic nitrogens is 3. The average molecular weight is 400 g/mol. The predicted octanol–water partition coefficient (Wildman–Crippen LogP) is 4.09. The Morgan fingerprint density at radius 1 is 1.00 bits per heavy atom. The molecule has 0 saturated heterocycles. The van der Waals surface area contributed by atoms with Gasteiger partial charge in [-0.05, 0) is 66.8 Å². The minimum Gasteiger partial charge on any atom is -0.497 e. The molecule has 0 saturated carbocycles. The Kier molecular flexibility index (Phi) is 5.30. The van der Waals surface area contributed by atoms with E-state index in [9.17, 15) is 8.42 Å². The summed E-state index contributed by atoms with van der Waals surface area (Å²) < 4.78 is 31.5. The molecule has 7 heteroatoms. The van der Waals surface area contributed by atoms with E-state index in [1.807, 2.05) is 6.92 Å². The summed E-state index contributed by atoms with van der Waals surface area (Å²) in [4.78, 5) is 0. The van der Waals surface area contributed by atoms with Crippen molar-refractivity contribution in [3.05, 3.63) is 53.1 Å². The van der Waals surface area contributed by atoms with Crippen molar-refractivity contribution in [3.63, 3.8) is 0 Å². The lowest BCUT2D eigenvalue weighted by molar-refractivity contribution is 0.414. The van der Waals surface area contributed by atoms with E-state index >= 15 is 0 Å². The van der Waals surface area contributed by atoms with Crippen molar-refractivity contribution in [1.29, 1.82) is 0 Å². The zero-order chi connectivity index (χ0) is 20.6. The fourth-order valence-electron chi connectivity index (χ4n) is 3.38. The van der Waals surface area contributed by atoms with Crippen LogP contribution >= 0.6 is 0 Å². The smallest absolute Gasteiger partial charge is 0.254 e. The van der Waals surface area contributed by atoms with Gasteiger partial charge in [-0.2, -0.15) is 0 Å². The van der Waals surface area contributed by atoms with Crippen molar-refractivity contribution in [2.45, 2.75) is 38.8 Å². The van der Waals surface area contributed by atoms with Gasteiger partial charge in [-0.25, -0.2) is 8.42 Å². The van der Waals surface area contributed by atoms with Gasteiger partial charge in [0.1, 0.15) is 5.75 Å². The molecule has 0 spiro atoms. The first kappa shape index (κ1) is 20.1. The van der Waals surface area contributed by atoms with E-state index in [1.165, 1.54) is 11.1 Å². The first-order valence-electron chi connectivity index (χ1n) is 9.05. The fourth-order valence-corrected chi connectivity index (χ4v) is 4.09. The molecule has 0 N–H and O–H groups in total. The summed E-state index contributed by atoms with van der Waals surface area (Å²) in [7, 11) is -1.99. The molecular weight excluding hydrogens is 374 g/mol. The molecule has 0 radical (unpaired) electrons. The van der Waals surface area contributed by atoms with Crippen LogP contribution in [0.4, 0.5) is 0 Å². The van der Waals surface area contributed by atoms with Crippen LogP contribution in [0.3, 0.4) is 0 Å². The molecule has 0 aliphatic carbocycles. The minimum atomic E-state index is -3.57. The number of hydrogen-bond donors (Lipinski definition) is 0. The molecule has 1 aromatic heterocycles. The second-order valence-electron chi connectivity index (χ2n) is 7.29.